The number of phenolic OH excluding ortho intramolecular Hbond substituents is 1. The smallest absolute Gasteiger partial charge is 0.159 e. The van der Waals surface area contributed by atoms with E-state index in [0.29, 0.717) is 12.0 Å². The van der Waals surface area contributed by atoms with Gasteiger partial charge in [-0.1, -0.05) is 12.2 Å². The summed E-state index contributed by atoms with van der Waals surface area (Å²) in [7, 11) is 0. The summed E-state index contributed by atoms with van der Waals surface area (Å²) in [6.45, 7) is 3.44. The molecule has 0 unspecified atom stereocenters. The standard InChI is InChI=1S/C12H14O2/c1-3-4-5-11-8-10(9(2)13)6-7-12(11)14/h3-4,6-8,14H,5H2,1-2H3/b4-3+. The summed E-state index contributed by atoms with van der Waals surface area (Å²) in [5.41, 5.74) is 1.43. The molecule has 0 bridgehead atoms. The van der Waals surface area contributed by atoms with E-state index in [2.05, 4.69) is 0 Å². The largest absolute Gasteiger partial charge is 0.508 e. The first kappa shape index (κ1) is 10.5. The average molecular weight is 190 g/mol. The highest BCUT2D eigenvalue weighted by Crippen LogP contribution is 2.19. The van der Waals surface area contributed by atoms with Crippen molar-refractivity contribution >= 4 is 5.78 Å². The Balaban J connectivity index is 3.01. The number of benzene rings is 1. The van der Waals surface area contributed by atoms with Crippen molar-refractivity contribution in [3.05, 3.63) is 41.5 Å². The van der Waals surface area contributed by atoms with E-state index in [9.17, 15) is 9.90 Å². The van der Waals surface area contributed by atoms with E-state index in [4.69, 9.17) is 0 Å². The Morgan fingerprint density at radius 1 is 1.50 bits per heavy atom. The van der Waals surface area contributed by atoms with Crippen LogP contribution in [0.25, 0.3) is 0 Å². The van der Waals surface area contributed by atoms with Gasteiger partial charge in [0.05, 0.1) is 0 Å². The van der Waals surface area contributed by atoms with Crippen LogP contribution in [0.3, 0.4) is 0 Å². The number of allylic oxidation sites excluding steroid dienone is 2. The lowest BCUT2D eigenvalue weighted by Gasteiger charge is -2.03. The second kappa shape index (κ2) is 4.61. The number of carbonyl (C=O) groups is 1. The number of hydrogen-bond donors (Lipinski definition) is 1. The first-order valence-corrected chi connectivity index (χ1v) is 4.59. The minimum Gasteiger partial charge on any atom is -0.508 e. The lowest BCUT2D eigenvalue weighted by atomic mass is 10.0. The molecule has 0 spiro atoms. The van der Waals surface area contributed by atoms with E-state index in [1.165, 1.54) is 6.92 Å². The fourth-order valence-corrected chi connectivity index (χ4v) is 1.21. The molecule has 0 aromatic heterocycles. The maximum absolute atomic E-state index is 11.1. The van der Waals surface area contributed by atoms with Gasteiger partial charge >= 0.3 is 0 Å². The van der Waals surface area contributed by atoms with E-state index in [1.54, 1.807) is 18.2 Å². The van der Waals surface area contributed by atoms with Gasteiger partial charge in [0.25, 0.3) is 0 Å². The quantitative estimate of drug-likeness (QED) is 0.587. The molecule has 0 aliphatic heterocycles. The van der Waals surface area contributed by atoms with Crippen molar-refractivity contribution in [1.82, 2.24) is 0 Å². The second-order valence-electron chi connectivity index (χ2n) is 3.17. The number of Topliss-reactive ketones (excluding diaryl/α,β-unsaturated/α-hetero) is 1. The molecular formula is C12H14O2. The van der Waals surface area contributed by atoms with Crippen molar-refractivity contribution in [2.45, 2.75) is 20.3 Å². The zero-order valence-corrected chi connectivity index (χ0v) is 8.45. The molecule has 1 rings (SSSR count). The molecule has 0 heterocycles. The average Bonchev–Trinajstić information content (AvgIpc) is 2.16. The predicted octanol–water partition coefficient (Wildman–Crippen LogP) is 2.71. The fourth-order valence-electron chi connectivity index (χ4n) is 1.21. The summed E-state index contributed by atoms with van der Waals surface area (Å²) in [5.74, 6) is 0.264. The minimum atomic E-state index is 0.0201. The molecule has 0 saturated carbocycles. The van der Waals surface area contributed by atoms with Gasteiger partial charge in [0, 0.05) is 5.56 Å². The van der Waals surface area contributed by atoms with Crippen molar-refractivity contribution in [2.24, 2.45) is 0 Å². The molecule has 2 heteroatoms. The molecule has 74 valence electrons. The van der Waals surface area contributed by atoms with Gasteiger partial charge in [-0.25, -0.2) is 0 Å². The van der Waals surface area contributed by atoms with E-state index < -0.39 is 0 Å². The van der Waals surface area contributed by atoms with Crippen LogP contribution in [0.4, 0.5) is 0 Å². The summed E-state index contributed by atoms with van der Waals surface area (Å²) < 4.78 is 0. The van der Waals surface area contributed by atoms with Gasteiger partial charge in [-0.15, -0.1) is 0 Å². The molecule has 0 radical (unpaired) electrons. The van der Waals surface area contributed by atoms with Crippen LogP contribution in [0.2, 0.25) is 0 Å². The van der Waals surface area contributed by atoms with E-state index in [-0.39, 0.29) is 11.5 Å². The van der Waals surface area contributed by atoms with Crippen LogP contribution in [0.15, 0.2) is 30.4 Å². The highest BCUT2D eigenvalue weighted by molar-refractivity contribution is 5.94. The van der Waals surface area contributed by atoms with Crippen molar-refractivity contribution in [3.8, 4) is 5.75 Å². The number of carbonyl (C=O) groups excluding carboxylic acids is 1. The number of rotatable bonds is 3. The lowest BCUT2D eigenvalue weighted by molar-refractivity contribution is 0.101. The molecular weight excluding hydrogens is 176 g/mol. The van der Waals surface area contributed by atoms with Crippen LogP contribution in [-0.2, 0) is 6.42 Å². The van der Waals surface area contributed by atoms with Crippen LogP contribution in [0.1, 0.15) is 29.8 Å². The Kier molecular flexibility index (Phi) is 3.46. The zero-order chi connectivity index (χ0) is 10.6. The third-order valence-electron chi connectivity index (χ3n) is 2.06. The Morgan fingerprint density at radius 2 is 2.21 bits per heavy atom. The maximum Gasteiger partial charge on any atom is 0.159 e. The van der Waals surface area contributed by atoms with Crippen LogP contribution >= 0.6 is 0 Å². The van der Waals surface area contributed by atoms with Gasteiger partial charge in [-0.2, -0.15) is 0 Å². The molecule has 14 heavy (non-hydrogen) atoms. The van der Waals surface area contributed by atoms with Gasteiger partial charge in [0.15, 0.2) is 5.78 Å². The zero-order valence-electron chi connectivity index (χ0n) is 8.45. The van der Waals surface area contributed by atoms with Gasteiger partial charge in [-0.05, 0) is 44.0 Å². The van der Waals surface area contributed by atoms with Crippen LogP contribution in [0, 0.1) is 0 Å². The molecule has 0 aliphatic carbocycles. The third-order valence-corrected chi connectivity index (χ3v) is 2.06. The van der Waals surface area contributed by atoms with Gasteiger partial charge in [0.1, 0.15) is 5.75 Å². The van der Waals surface area contributed by atoms with Crippen molar-refractivity contribution in [1.29, 1.82) is 0 Å². The fraction of sp³-hybridized carbons (Fsp3) is 0.250. The maximum atomic E-state index is 11.1. The summed E-state index contributed by atoms with van der Waals surface area (Å²) in [5, 5.41) is 9.50. The Morgan fingerprint density at radius 3 is 2.79 bits per heavy atom. The van der Waals surface area contributed by atoms with E-state index in [1.807, 2.05) is 19.1 Å². The normalized spacial score (nSPS) is 10.7. The number of phenols is 1. The first-order valence-electron chi connectivity index (χ1n) is 4.59. The van der Waals surface area contributed by atoms with Gasteiger partial charge in [-0.3, -0.25) is 4.79 Å². The lowest BCUT2D eigenvalue weighted by Crippen LogP contribution is -1.93. The molecule has 0 fully saturated rings. The van der Waals surface area contributed by atoms with Crippen LogP contribution < -0.4 is 0 Å². The predicted molar refractivity (Wildman–Crippen MR) is 56.6 cm³/mol. The molecule has 1 aromatic carbocycles. The van der Waals surface area contributed by atoms with Crippen LogP contribution in [0.5, 0.6) is 5.75 Å². The summed E-state index contributed by atoms with van der Waals surface area (Å²) >= 11 is 0. The van der Waals surface area contributed by atoms with E-state index in [0.717, 1.165) is 5.56 Å². The summed E-state index contributed by atoms with van der Waals surface area (Å²) in [6.07, 6.45) is 4.52. The Labute approximate surface area is 83.9 Å². The molecule has 0 aliphatic rings. The molecule has 0 atom stereocenters. The number of hydrogen-bond acceptors (Lipinski definition) is 2. The van der Waals surface area contributed by atoms with E-state index >= 15 is 0 Å². The van der Waals surface area contributed by atoms with Crippen LogP contribution in [-0.4, -0.2) is 10.9 Å². The molecule has 0 amide bonds. The topological polar surface area (TPSA) is 37.3 Å². The van der Waals surface area contributed by atoms with Crippen molar-refractivity contribution in [2.75, 3.05) is 0 Å². The molecule has 1 N–H and O–H groups in total. The first-order chi connectivity index (χ1) is 6.65. The molecule has 1 aromatic rings. The van der Waals surface area contributed by atoms with Gasteiger partial charge < -0.3 is 5.11 Å². The Hall–Kier alpha value is -1.57. The Bertz CT molecular complexity index is 365. The number of aromatic hydroxyl groups is 1. The molecule has 2 nitrogen and oxygen atoms in total. The van der Waals surface area contributed by atoms with Crippen molar-refractivity contribution in [3.63, 3.8) is 0 Å². The minimum absolute atomic E-state index is 0.0201. The highest BCUT2D eigenvalue weighted by Gasteiger charge is 2.04. The highest BCUT2D eigenvalue weighted by atomic mass is 16.3. The monoisotopic (exact) mass is 190 g/mol. The summed E-state index contributed by atoms with van der Waals surface area (Å²) in [6, 6.07) is 4.93. The molecule has 0 saturated heterocycles. The number of ketones is 1. The summed E-state index contributed by atoms with van der Waals surface area (Å²) in [4.78, 5) is 11.1. The third kappa shape index (κ3) is 2.46. The second-order valence-corrected chi connectivity index (χ2v) is 3.17. The van der Waals surface area contributed by atoms with Crippen molar-refractivity contribution < 1.29 is 9.90 Å². The SMILES string of the molecule is C/C=C/Cc1cc(C(C)=O)ccc1O. The van der Waals surface area contributed by atoms with Gasteiger partial charge in [0.2, 0.25) is 0 Å².